The number of hydrogen-bond acceptors (Lipinski definition) is 4. The number of carbonyl (C=O) groups is 1. The van der Waals surface area contributed by atoms with Gasteiger partial charge in [-0.25, -0.2) is 0 Å². The lowest BCUT2D eigenvalue weighted by Crippen LogP contribution is -2.48. The maximum atomic E-state index is 12.3. The van der Waals surface area contributed by atoms with Crippen molar-refractivity contribution in [1.29, 1.82) is 0 Å². The SMILES string of the molecule is COc1cc(C)ccc1CN1CC[C@@H]2OCC(=O)N(C(C)C)C[C@H]2C1. The van der Waals surface area contributed by atoms with Crippen LogP contribution in [0.4, 0.5) is 0 Å². The third-order valence-electron chi connectivity index (χ3n) is 5.38. The van der Waals surface area contributed by atoms with E-state index < -0.39 is 0 Å². The molecule has 0 spiro atoms. The molecule has 1 aromatic carbocycles. The number of likely N-dealkylation sites (tertiary alicyclic amines) is 1. The summed E-state index contributed by atoms with van der Waals surface area (Å²) in [4.78, 5) is 16.7. The van der Waals surface area contributed by atoms with Crippen LogP contribution < -0.4 is 4.74 Å². The van der Waals surface area contributed by atoms with Gasteiger partial charge in [-0.15, -0.1) is 0 Å². The van der Waals surface area contributed by atoms with Crippen molar-refractivity contribution in [3.8, 4) is 5.75 Å². The fourth-order valence-electron chi connectivity index (χ4n) is 3.96. The second kappa shape index (κ2) is 7.75. The van der Waals surface area contributed by atoms with E-state index in [0.717, 1.165) is 38.3 Å². The zero-order valence-corrected chi connectivity index (χ0v) is 15.8. The molecule has 1 amide bonds. The summed E-state index contributed by atoms with van der Waals surface area (Å²) in [5.74, 6) is 1.45. The average molecular weight is 346 g/mol. The number of piperidine rings is 1. The predicted octanol–water partition coefficient (Wildman–Crippen LogP) is 2.46. The van der Waals surface area contributed by atoms with Crippen LogP contribution in [0.2, 0.25) is 0 Å². The normalized spacial score (nSPS) is 25.0. The fraction of sp³-hybridized carbons (Fsp3) is 0.650. The minimum absolute atomic E-state index is 0.121. The molecule has 2 fully saturated rings. The van der Waals surface area contributed by atoms with E-state index in [0.29, 0.717) is 5.92 Å². The van der Waals surface area contributed by atoms with Gasteiger partial charge in [0.05, 0.1) is 13.2 Å². The lowest BCUT2D eigenvalue weighted by atomic mass is 9.93. The summed E-state index contributed by atoms with van der Waals surface area (Å²) in [7, 11) is 1.73. The van der Waals surface area contributed by atoms with Gasteiger partial charge in [-0.05, 0) is 38.8 Å². The van der Waals surface area contributed by atoms with Crippen LogP contribution in [-0.4, -0.2) is 61.2 Å². The first-order valence-corrected chi connectivity index (χ1v) is 9.25. The summed E-state index contributed by atoms with van der Waals surface area (Å²) in [6.45, 7) is 10.1. The quantitative estimate of drug-likeness (QED) is 0.840. The van der Waals surface area contributed by atoms with Crippen molar-refractivity contribution in [2.24, 2.45) is 5.92 Å². The minimum Gasteiger partial charge on any atom is -0.496 e. The Kier molecular flexibility index (Phi) is 5.64. The van der Waals surface area contributed by atoms with Gasteiger partial charge in [-0.2, -0.15) is 0 Å². The van der Waals surface area contributed by atoms with Crippen LogP contribution in [0.15, 0.2) is 18.2 Å². The molecule has 0 N–H and O–H groups in total. The smallest absolute Gasteiger partial charge is 0.248 e. The number of fused-ring (bicyclic) bond motifs is 1. The summed E-state index contributed by atoms with van der Waals surface area (Å²) >= 11 is 0. The number of rotatable bonds is 4. The van der Waals surface area contributed by atoms with Crippen LogP contribution in [0.25, 0.3) is 0 Å². The van der Waals surface area contributed by atoms with E-state index in [9.17, 15) is 4.79 Å². The number of carbonyl (C=O) groups excluding carboxylic acids is 1. The first-order valence-electron chi connectivity index (χ1n) is 9.25. The Bertz CT molecular complexity index is 617. The van der Waals surface area contributed by atoms with Gasteiger partial charge in [0.15, 0.2) is 0 Å². The van der Waals surface area contributed by atoms with Gasteiger partial charge in [0.25, 0.3) is 0 Å². The molecule has 2 atom stereocenters. The molecule has 0 bridgehead atoms. The number of hydrogen-bond donors (Lipinski definition) is 0. The number of methoxy groups -OCH3 is 1. The molecule has 0 aliphatic carbocycles. The Labute approximate surface area is 150 Å². The maximum absolute atomic E-state index is 12.3. The van der Waals surface area contributed by atoms with Gasteiger partial charge in [0.2, 0.25) is 5.91 Å². The molecule has 5 heteroatoms. The van der Waals surface area contributed by atoms with Gasteiger partial charge in [0.1, 0.15) is 12.4 Å². The van der Waals surface area contributed by atoms with E-state index >= 15 is 0 Å². The molecule has 138 valence electrons. The summed E-state index contributed by atoms with van der Waals surface area (Å²) < 4.78 is 11.5. The lowest BCUT2D eigenvalue weighted by molar-refractivity contribution is -0.136. The molecule has 0 saturated carbocycles. The van der Waals surface area contributed by atoms with Crippen molar-refractivity contribution in [3.63, 3.8) is 0 Å². The van der Waals surface area contributed by atoms with Crippen molar-refractivity contribution in [2.45, 2.75) is 45.9 Å². The highest BCUT2D eigenvalue weighted by atomic mass is 16.5. The van der Waals surface area contributed by atoms with E-state index in [1.54, 1.807) is 7.11 Å². The Morgan fingerprint density at radius 1 is 1.32 bits per heavy atom. The zero-order valence-electron chi connectivity index (χ0n) is 15.8. The van der Waals surface area contributed by atoms with Crippen LogP contribution in [0.1, 0.15) is 31.4 Å². The van der Waals surface area contributed by atoms with Gasteiger partial charge in [0, 0.05) is 43.7 Å². The third kappa shape index (κ3) is 4.15. The maximum Gasteiger partial charge on any atom is 0.248 e. The second-order valence-corrected chi connectivity index (χ2v) is 7.59. The minimum atomic E-state index is 0.121. The van der Waals surface area contributed by atoms with E-state index in [-0.39, 0.29) is 24.7 Å². The first-order chi connectivity index (χ1) is 12.0. The highest BCUT2D eigenvalue weighted by Crippen LogP contribution is 2.28. The molecule has 0 radical (unpaired) electrons. The Morgan fingerprint density at radius 2 is 2.12 bits per heavy atom. The Balaban J connectivity index is 1.69. The van der Waals surface area contributed by atoms with Crippen LogP contribution >= 0.6 is 0 Å². The fourth-order valence-corrected chi connectivity index (χ4v) is 3.96. The van der Waals surface area contributed by atoms with E-state index in [2.05, 4.69) is 43.9 Å². The molecular formula is C20H30N2O3. The number of amides is 1. The van der Waals surface area contributed by atoms with Crippen molar-refractivity contribution < 1.29 is 14.3 Å². The Hall–Kier alpha value is -1.59. The highest BCUT2D eigenvalue weighted by Gasteiger charge is 2.36. The van der Waals surface area contributed by atoms with E-state index in [1.807, 2.05) is 4.90 Å². The van der Waals surface area contributed by atoms with Crippen molar-refractivity contribution in [3.05, 3.63) is 29.3 Å². The molecule has 2 heterocycles. The second-order valence-electron chi connectivity index (χ2n) is 7.59. The summed E-state index contributed by atoms with van der Waals surface area (Å²) in [5.41, 5.74) is 2.43. The van der Waals surface area contributed by atoms with Crippen LogP contribution in [0.5, 0.6) is 5.75 Å². The molecular weight excluding hydrogens is 316 g/mol. The van der Waals surface area contributed by atoms with Crippen molar-refractivity contribution >= 4 is 5.91 Å². The number of ether oxygens (including phenoxy) is 2. The highest BCUT2D eigenvalue weighted by molar-refractivity contribution is 5.78. The molecule has 2 aliphatic heterocycles. The Morgan fingerprint density at radius 3 is 2.84 bits per heavy atom. The van der Waals surface area contributed by atoms with Crippen LogP contribution in [0, 0.1) is 12.8 Å². The van der Waals surface area contributed by atoms with Crippen molar-refractivity contribution in [2.75, 3.05) is 33.4 Å². The molecule has 0 unspecified atom stereocenters. The van der Waals surface area contributed by atoms with Gasteiger partial charge in [-0.3, -0.25) is 9.69 Å². The standard InChI is InChI=1S/C20H30N2O3/c1-14(2)22-12-17-11-21(8-7-18(17)25-13-20(22)23)10-16-6-5-15(3)9-19(16)24-4/h5-6,9,14,17-18H,7-8,10-13H2,1-4H3/t17-,18+/m1/s1. The monoisotopic (exact) mass is 346 g/mol. The summed E-state index contributed by atoms with van der Waals surface area (Å²) in [6, 6.07) is 6.62. The number of benzene rings is 1. The predicted molar refractivity (Wildman–Crippen MR) is 97.7 cm³/mol. The third-order valence-corrected chi connectivity index (χ3v) is 5.38. The molecule has 2 aliphatic rings. The van der Waals surface area contributed by atoms with Crippen LogP contribution in [-0.2, 0) is 16.1 Å². The molecule has 3 rings (SSSR count). The largest absolute Gasteiger partial charge is 0.496 e. The van der Waals surface area contributed by atoms with Gasteiger partial charge in [-0.1, -0.05) is 12.1 Å². The average Bonchev–Trinajstić information content (AvgIpc) is 2.75. The van der Waals surface area contributed by atoms with E-state index in [4.69, 9.17) is 9.47 Å². The molecule has 25 heavy (non-hydrogen) atoms. The number of aryl methyl sites for hydroxylation is 1. The summed E-state index contributed by atoms with van der Waals surface area (Å²) in [6.07, 6.45) is 1.18. The molecule has 1 aromatic rings. The topological polar surface area (TPSA) is 42.0 Å². The molecule has 2 saturated heterocycles. The lowest BCUT2D eigenvalue weighted by Gasteiger charge is -2.38. The molecule has 5 nitrogen and oxygen atoms in total. The van der Waals surface area contributed by atoms with Crippen LogP contribution in [0.3, 0.4) is 0 Å². The van der Waals surface area contributed by atoms with Crippen molar-refractivity contribution in [1.82, 2.24) is 9.80 Å². The van der Waals surface area contributed by atoms with Gasteiger partial charge < -0.3 is 14.4 Å². The summed E-state index contributed by atoms with van der Waals surface area (Å²) in [5, 5.41) is 0. The first kappa shape index (κ1) is 18.2. The van der Waals surface area contributed by atoms with Gasteiger partial charge >= 0.3 is 0 Å². The molecule has 0 aromatic heterocycles. The zero-order chi connectivity index (χ0) is 18.0. The number of nitrogens with zero attached hydrogens (tertiary/aromatic N) is 2. The van der Waals surface area contributed by atoms with E-state index in [1.165, 1.54) is 11.1 Å².